The van der Waals surface area contributed by atoms with E-state index in [2.05, 4.69) is 39.4 Å². The topological polar surface area (TPSA) is 70.3 Å². The Balaban J connectivity index is 1.30. The molecule has 3 heterocycles. The van der Waals surface area contributed by atoms with Crippen molar-refractivity contribution in [2.24, 2.45) is 0 Å². The minimum absolute atomic E-state index is 0.127. The zero-order valence-electron chi connectivity index (χ0n) is 18.1. The lowest BCUT2D eigenvalue weighted by molar-refractivity contribution is -0.168. The molecule has 6 heteroatoms. The van der Waals surface area contributed by atoms with Gasteiger partial charge in [0.05, 0.1) is 12.1 Å². The Bertz CT molecular complexity index is 1150. The van der Waals surface area contributed by atoms with E-state index in [1.807, 2.05) is 30.3 Å². The molecule has 32 heavy (non-hydrogen) atoms. The second-order valence-corrected chi connectivity index (χ2v) is 8.13. The zero-order chi connectivity index (χ0) is 21.6. The van der Waals surface area contributed by atoms with Crippen molar-refractivity contribution in [3.63, 3.8) is 0 Å². The summed E-state index contributed by atoms with van der Waals surface area (Å²) in [5.74, 6) is 1.26. The van der Waals surface area contributed by atoms with E-state index in [1.54, 1.807) is 6.20 Å². The van der Waals surface area contributed by atoms with E-state index in [0.717, 1.165) is 67.2 Å². The summed E-state index contributed by atoms with van der Waals surface area (Å²) < 4.78 is 17.2. The smallest absolute Gasteiger partial charge is 0.226 e. The number of nitrogens with zero attached hydrogens (tertiary/aromatic N) is 3. The van der Waals surface area contributed by atoms with Crippen molar-refractivity contribution in [3.05, 3.63) is 77.8 Å². The standard InChI is InChI=1S/C26H27N3O3/c1-2-8-19(9-3-1)10-6-12-23-28-26(29-32-23)22-15-14-20(25-21(22)11-7-16-27-25)18-31-24-13-4-5-17-30-24/h1-3,7-9,11,14-16,24H,4-6,10,12-13,17-18H2. The second-order valence-electron chi connectivity index (χ2n) is 8.13. The second kappa shape index (κ2) is 10.0. The Morgan fingerprint density at radius 1 is 0.969 bits per heavy atom. The van der Waals surface area contributed by atoms with Crippen LogP contribution in [0.5, 0.6) is 0 Å². The number of pyridine rings is 1. The first kappa shape index (κ1) is 20.8. The van der Waals surface area contributed by atoms with Crippen molar-refractivity contribution in [2.45, 2.75) is 51.4 Å². The Labute approximate surface area is 187 Å². The summed E-state index contributed by atoms with van der Waals surface area (Å²) in [6.07, 6.45) is 7.59. The predicted molar refractivity (Wildman–Crippen MR) is 122 cm³/mol. The van der Waals surface area contributed by atoms with Gasteiger partial charge in [0.2, 0.25) is 11.7 Å². The third-order valence-corrected chi connectivity index (χ3v) is 5.82. The quantitative estimate of drug-likeness (QED) is 0.368. The molecule has 164 valence electrons. The van der Waals surface area contributed by atoms with Crippen LogP contribution in [0.25, 0.3) is 22.3 Å². The van der Waals surface area contributed by atoms with Crippen LogP contribution in [0.1, 0.15) is 42.7 Å². The number of hydrogen-bond acceptors (Lipinski definition) is 6. The van der Waals surface area contributed by atoms with Gasteiger partial charge in [0, 0.05) is 35.7 Å². The molecule has 1 atom stereocenters. The van der Waals surface area contributed by atoms with Crippen LogP contribution in [-0.4, -0.2) is 28.0 Å². The van der Waals surface area contributed by atoms with Crippen LogP contribution in [0.4, 0.5) is 0 Å². The molecule has 0 saturated carbocycles. The van der Waals surface area contributed by atoms with Gasteiger partial charge in [-0.15, -0.1) is 0 Å². The van der Waals surface area contributed by atoms with Gasteiger partial charge in [-0.3, -0.25) is 4.98 Å². The number of aryl methyl sites for hydroxylation is 2. The van der Waals surface area contributed by atoms with Gasteiger partial charge < -0.3 is 14.0 Å². The lowest BCUT2D eigenvalue weighted by Crippen LogP contribution is -2.22. The van der Waals surface area contributed by atoms with Gasteiger partial charge in [0.25, 0.3) is 0 Å². The fourth-order valence-electron chi connectivity index (χ4n) is 4.12. The van der Waals surface area contributed by atoms with Gasteiger partial charge >= 0.3 is 0 Å². The van der Waals surface area contributed by atoms with Gasteiger partial charge in [0.15, 0.2) is 6.29 Å². The van der Waals surface area contributed by atoms with Crippen LogP contribution in [0.2, 0.25) is 0 Å². The molecule has 0 radical (unpaired) electrons. The molecule has 1 aliphatic rings. The molecule has 0 amide bonds. The molecule has 0 N–H and O–H groups in total. The Hall–Kier alpha value is -3.09. The summed E-state index contributed by atoms with van der Waals surface area (Å²) in [7, 11) is 0. The van der Waals surface area contributed by atoms with Crippen LogP contribution in [-0.2, 0) is 28.9 Å². The summed E-state index contributed by atoms with van der Waals surface area (Å²) in [5, 5.41) is 5.24. The highest BCUT2D eigenvalue weighted by atomic mass is 16.7. The van der Waals surface area contributed by atoms with Crippen LogP contribution in [0.15, 0.2) is 65.3 Å². The molecular weight excluding hydrogens is 402 g/mol. The van der Waals surface area contributed by atoms with Crippen molar-refractivity contribution in [1.29, 1.82) is 0 Å². The first-order valence-corrected chi connectivity index (χ1v) is 11.3. The van der Waals surface area contributed by atoms with E-state index in [9.17, 15) is 0 Å². The van der Waals surface area contributed by atoms with E-state index >= 15 is 0 Å². The number of aromatic nitrogens is 3. The Kier molecular flexibility index (Phi) is 6.51. The predicted octanol–water partition coefficient (Wildman–Crippen LogP) is 5.50. The number of hydrogen-bond donors (Lipinski definition) is 0. The van der Waals surface area contributed by atoms with Crippen LogP contribution >= 0.6 is 0 Å². The first-order valence-electron chi connectivity index (χ1n) is 11.3. The zero-order valence-corrected chi connectivity index (χ0v) is 18.1. The average molecular weight is 430 g/mol. The lowest BCUT2D eigenvalue weighted by atomic mass is 10.0. The van der Waals surface area contributed by atoms with E-state index in [-0.39, 0.29) is 6.29 Å². The number of rotatable bonds is 8. The highest BCUT2D eigenvalue weighted by molar-refractivity contribution is 5.94. The molecule has 1 saturated heterocycles. The molecule has 2 aromatic heterocycles. The van der Waals surface area contributed by atoms with Crippen LogP contribution < -0.4 is 0 Å². The summed E-state index contributed by atoms with van der Waals surface area (Å²) in [4.78, 5) is 9.27. The summed E-state index contributed by atoms with van der Waals surface area (Å²) >= 11 is 0. The molecule has 0 aliphatic carbocycles. The minimum atomic E-state index is -0.127. The van der Waals surface area contributed by atoms with E-state index in [4.69, 9.17) is 14.0 Å². The maximum Gasteiger partial charge on any atom is 0.226 e. The van der Waals surface area contributed by atoms with Gasteiger partial charge in [0.1, 0.15) is 0 Å². The number of fused-ring (bicyclic) bond motifs is 1. The molecule has 4 aromatic rings. The monoisotopic (exact) mass is 429 g/mol. The van der Waals surface area contributed by atoms with Crippen molar-refractivity contribution in [1.82, 2.24) is 15.1 Å². The SMILES string of the molecule is c1ccc(CCCc2nc(-c3ccc(COC4CCCCO4)c4ncccc34)no2)cc1. The maximum atomic E-state index is 6.00. The highest BCUT2D eigenvalue weighted by Crippen LogP contribution is 2.29. The molecule has 6 nitrogen and oxygen atoms in total. The molecular formula is C26H27N3O3. The first-order chi connectivity index (χ1) is 15.9. The Morgan fingerprint density at radius 3 is 2.78 bits per heavy atom. The maximum absolute atomic E-state index is 6.00. The van der Waals surface area contributed by atoms with Crippen molar-refractivity contribution in [3.8, 4) is 11.4 Å². The number of ether oxygens (including phenoxy) is 2. The third-order valence-electron chi connectivity index (χ3n) is 5.82. The van der Waals surface area contributed by atoms with Crippen LogP contribution in [0, 0.1) is 0 Å². The van der Waals surface area contributed by atoms with Crippen LogP contribution in [0.3, 0.4) is 0 Å². The summed E-state index contributed by atoms with van der Waals surface area (Å²) in [5.41, 5.74) is 4.17. The molecule has 0 bridgehead atoms. The van der Waals surface area contributed by atoms with E-state index < -0.39 is 0 Å². The average Bonchev–Trinajstić information content (AvgIpc) is 3.32. The number of benzene rings is 2. The highest BCUT2D eigenvalue weighted by Gasteiger charge is 2.17. The van der Waals surface area contributed by atoms with Crippen molar-refractivity contribution < 1.29 is 14.0 Å². The summed E-state index contributed by atoms with van der Waals surface area (Å²) in [6, 6.07) is 18.5. The van der Waals surface area contributed by atoms with Gasteiger partial charge in [-0.2, -0.15) is 4.98 Å². The fraction of sp³-hybridized carbons (Fsp3) is 0.346. The summed E-state index contributed by atoms with van der Waals surface area (Å²) in [6.45, 7) is 1.24. The minimum Gasteiger partial charge on any atom is -0.353 e. The molecule has 1 aliphatic heterocycles. The van der Waals surface area contributed by atoms with E-state index in [0.29, 0.717) is 18.3 Å². The van der Waals surface area contributed by atoms with Gasteiger partial charge in [-0.05, 0) is 49.8 Å². The molecule has 2 aromatic carbocycles. The molecule has 0 spiro atoms. The molecule has 1 fully saturated rings. The largest absolute Gasteiger partial charge is 0.353 e. The fourth-order valence-corrected chi connectivity index (χ4v) is 4.12. The van der Waals surface area contributed by atoms with Crippen molar-refractivity contribution in [2.75, 3.05) is 6.61 Å². The lowest BCUT2D eigenvalue weighted by Gasteiger charge is -2.23. The normalized spacial score (nSPS) is 16.4. The van der Waals surface area contributed by atoms with Gasteiger partial charge in [-0.25, -0.2) is 0 Å². The molecule has 1 unspecified atom stereocenters. The van der Waals surface area contributed by atoms with E-state index in [1.165, 1.54) is 5.56 Å². The Morgan fingerprint density at radius 2 is 1.91 bits per heavy atom. The third kappa shape index (κ3) is 4.87. The molecule has 5 rings (SSSR count). The van der Waals surface area contributed by atoms with Crippen molar-refractivity contribution >= 4 is 10.9 Å². The van der Waals surface area contributed by atoms with Gasteiger partial charge in [-0.1, -0.05) is 47.6 Å².